The summed E-state index contributed by atoms with van der Waals surface area (Å²) in [7, 11) is 0. The van der Waals surface area contributed by atoms with Gasteiger partial charge in [0.15, 0.2) is 0 Å². The van der Waals surface area contributed by atoms with Crippen molar-refractivity contribution in [2.45, 2.75) is 19.0 Å². The Morgan fingerprint density at radius 3 is 1.44 bits per heavy atom. The summed E-state index contributed by atoms with van der Waals surface area (Å²) in [6.45, 7) is 0. The smallest absolute Gasteiger partial charge is 0.344 e. The first-order valence-electron chi connectivity index (χ1n) is 1.77. The van der Waals surface area contributed by atoms with Gasteiger partial charge in [-0.15, -0.1) is 0 Å². The van der Waals surface area contributed by atoms with Crippen molar-refractivity contribution in [2.24, 2.45) is 0 Å². The van der Waals surface area contributed by atoms with Crippen molar-refractivity contribution in [3.05, 3.63) is 0 Å². The normalized spacial score (nSPS) is 11.3. The molecule has 0 aromatic rings. The van der Waals surface area contributed by atoms with E-state index in [1.807, 2.05) is 0 Å². The molecule has 0 aromatic carbocycles. The van der Waals surface area contributed by atoms with Gasteiger partial charge < -0.3 is 6.15 Å². The number of halogens is 5. The molecule has 0 rings (SSSR count). The average Bonchev–Trinajstić information content (AvgIpc) is 1.21. The van der Waals surface area contributed by atoms with Gasteiger partial charge in [-0.2, -0.15) is 13.2 Å². The Kier molecular flexibility index (Phi) is 4.57. The second-order valence-corrected chi connectivity index (χ2v) is 1.21. The molecule has 0 radical (unpaired) electrons. The lowest BCUT2D eigenvalue weighted by molar-refractivity contribution is -0.158. The first-order valence-corrected chi connectivity index (χ1v) is 1.77. The zero-order chi connectivity index (χ0) is 6.78. The molecule has 9 heavy (non-hydrogen) atoms. The molecular weight excluding hydrogens is 145 g/mol. The van der Waals surface area contributed by atoms with Gasteiger partial charge >= 0.3 is 6.18 Å². The third kappa shape index (κ3) is 11.3. The van der Waals surface area contributed by atoms with Gasteiger partial charge in [0.2, 0.25) is 6.43 Å². The van der Waals surface area contributed by atoms with Gasteiger partial charge in [-0.05, 0) is 0 Å². The van der Waals surface area contributed by atoms with Crippen LogP contribution in [0.5, 0.6) is 0 Å². The quantitative estimate of drug-likeness (QED) is 0.573. The molecular formula is C3H6F5N. The lowest BCUT2D eigenvalue weighted by atomic mass is 10.4. The molecule has 0 aliphatic rings. The highest BCUT2D eigenvalue weighted by atomic mass is 19.4. The topological polar surface area (TPSA) is 35.0 Å². The first-order chi connectivity index (χ1) is 3.42. The molecule has 6 heteroatoms. The minimum Gasteiger partial charge on any atom is -0.344 e. The fraction of sp³-hybridized carbons (Fsp3) is 1.00. The van der Waals surface area contributed by atoms with E-state index in [-0.39, 0.29) is 6.15 Å². The summed E-state index contributed by atoms with van der Waals surface area (Å²) in [5, 5.41) is 0. The summed E-state index contributed by atoms with van der Waals surface area (Å²) in [6.07, 6.45) is -10.0. The maximum Gasteiger partial charge on any atom is 0.394 e. The Hall–Kier alpha value is -0.390. The fourth-order valence-electron chi connectivity index (χ4n) is 0.175. The highest BCUT2D eigenvalue weighted by molar-refractivity contribution is 4.50. The van der Waals surface area contributed by atoms with Crippen LogP contribution in [0.3, 0.4) is 0 Å². The molecule has 0 bridgehead atoms. The monoisotopic (exact) mass is 151 g/mol. The van der Waals surface area contributed by atoms with Gasteiger partial charge in [-0.25, -0.2) is 8.78 Å². The first kappa shape index (κ1) is 11.4. The minimum absolute atomic E-state index is 0. The summed E-state index contributed by atoms with van der Waals surface area (Å²) >= 11 is 0. The van der Waals surface area contributed by atoms with Crippen LogP contribution in [0.2, 0.25) is 0 Å². The molecule has 1 nitrogen and oxygen atoms in total. The van der Waals surface area contributed by atoms with E-state index in [1.165, 1.54) is 0 Å². The van der Waals surface area contributed by atoms with E-state index >= 15 is 0 Å². The average molecular weight is 151 g/mol. The van der Waals surface area contributed by atoms with Crippen molar-refractivity contribution in [1.82, 2.24) is 6.15 Å². The Morgan fingerprint density at radius 2 is 1.44 bits per heavy atom. The zero-order valence-electron chi connectivity index (χ0n) is 4.38. The van der Waals surface area contributed by atoms with E-state index in [0.717, 1.165) is 0 Å². The van der Waals surface area contributed by atoms with Crippen molar-refractivity contribution in [3.8, 4) is 0 Å². The van der Waals surface area contributed by atoms with Crippen LogP contribution in [0.25, 0.3) is 0 Å². The SMILES string of the molecule is FC(F)CC(F)(F)F.N. The number of alkyl halides is 5. The Balaban J connectivity index is 0. The van der Waals surface area contributed by atoms with Crippen LogP contribution in [0, 0.1) is 0 Å². The van der Waals surface area contributed by atoms with Crippen LogP contribution in [0.1, 0.15) is 6.42 Å². The molecule has 0 amide bonds. The maximum atomic E-state index is 10.8. The second-order valence-electron chi connectivity index (χ2n) is 1.21. The Labute approximate surface area is 48.4 Å². The molecule has 3 N–H and O–H groups in total. The van der Waals surface area contributed by atoms with E-state index in [1.54, 1.807) is 0 Å². The van der Waals surface area contributed by atoms with Gasteiger partial charge in [-0.1, -0.05) is 0 Å². The molecule has 0 spiro atoms. The van der Waals surface area contributed by atoms with Crippen LogP contribution < -0.4 is 6.15 Å². The van der Waals surface area contributed by atoms with Crippen LogP contribution in [0.4, 0.5) is 22.0 Å². The predicted octanol–water partition coefficient (Wildman–Crippen LogP) is 2.37. The summed E-state index contributed by atoms with van der Waals surface area (Å²) in [5.41, 5.74) is 0. The predicted molar refractivity (Wildman–Crippen MR) is 21.7 cm³/mol. The lowest BCUT2D eigenvalue weighted by Crippen LogP contribution is -2.12. The molecule has 0 saturated carbocycles. The highest BCUT2D eigenvalue weighted by Gasteiger charge is 2.31. The highest BCUT2D eigenvalue weighted by Crippen LogP contribution is 2.22. The van der Waals surface area contributed by atoms with Crippen molar-refractivity contribution >= 4 is 0 Å². The molecule has 0 aliphatic heterocycles. The fourth-order valence-corrected chi connectivity index (χ4v) is 0.175. The largest absolute Gasteiger partial charge is 0.394 e. The van der Waals surface area contributed by atoms with Crippen LogP contribution in [-0.2, 0) is 0 Å². The van der Waals surface area contributed by atoms with Gasteiger partial charge in [0.1, 0.15) is 6.42 Å². The molecule has 0 saturated heterocycles. The molecule has 0 fully saturated rings. The van der Waals surface area contributed by atoms with Crippen LogP contribution in [-0.4, -0.2) is 12.6 Å². The summed E-state index contributed by atoms with van der Waals surface area (Å²) in [4.78, 5) is 0. The standard InChI is InChI=1S/C3H3F5.H3N/c4-2(5)1-3(6,7)8;/h2H,1H2;1H3. The van der Waals surface area contributed by atoms with Crippen LogP contribution >= 0.6 is 0 Å². The Bertz CT molecular complexity index is 67.1. The summed E-state index contributed by atoms with van der Waals surface area (Å²) in [5.74, 6) is 0. The van der Waals surface area contributed by atoms with E-state index in [2.05, 4.69) is 0 Å². The van der Waals surface area contributed by atoms with Gasteiger partial charge in [0.25, 0.3) is 0 Å². The van der Waals surface area contributed by atoms with Gasteiger partial charge in [0, 0.05) is 0 Å². The third-order valence-corrected chi connectivity index (χ3v) is 0.386. The molecule has 58 valence electrons. The summed E-state index contributed by atoms with van der Waals surface area (Å²) < 4.78 is 54.1. The minimum atomic E-state index is -4.73. The lowest BCUT2D eigenvalue weighted by Gasteiger charge is -2.02. The number of hydrogen-bond donors (Lipinski definition) is 1. The maximum absolute atomic E-state index is 10.8. The molecule has 0 aliphatic carbocycles. The number of rotatable bonds is 1. The van der Waals surface area contributed by atoms with E-state index < -0.39 is 19.0 Å². The molecule has 0 aromatic heterocycles. The Morgan fingerprint density at radius 1 is 1.11 bits per heavy atom. The molecule has 0 heterocycles. The zero-order valence-corrected chi connectivity index (χ0v) is 4.38. The van der Waals surface area contributed by atoms with Crippen molar-refractivity contribution < 1.29 is 22.0 Å². The van der Waals surface area contributed by atoms with Crippen molar-refractivity contribution in [1.29, 1.82) is 0 Å². The van der Waals surface area contributed by atoms with Gasteiger partial charge in [0.05, 0.1) is 0 Å². The van der Waals surface area contributed by atoms with Gasteiger partial charge in [-0.3, -0.25) is 0 Å². The van der Waals surface area contributed by atoms with E-state index in [0.29, 0.717) is 0 Å². The van der Waals surface area contributed by atoms with Crippen LogP contribution in [0.15, 0.2) is 0 Å². The van der Waals surface area contributed by atoms with Crippen molar-refractivity contribution in [3.63, 3.8) is 0 Å². The summed E-state index contributed by atoms with van der Waals surface area (Å²) in [6, 6.07) is 0. The third-order valence-electron chi connectivity index (χ3n) is 0.386. The number of hydrogen-bond acceptors (Lipinski definition) is 1. The molecule has 0 atom stereocenters. The van der Waals surface area contributed by atoms with E-state index in [4.69, 9.17) is 0 Å². The molecule has 0 unspecified atom stereocenters. The van der Waals surface area contributed by atoms with E-state index in [9.17, 15) is 22.0 Å². The second kappa shape index (κ2) is 3.60. The van der Waals surface area contributed by atoms with Crippen molar-refractivity contribution in [2.75, 3.05) is 0 Å².